The number of nitrogens with one attached hydrogen (secondary N) is 1. The molecule has 2 aromatic carbocycles. The molecule has 1 N–H and O–H groups in total. The van der Waals surface area contributed by atoms with Crippen molar-refractivity contribution in [3.8, 4) is 11.5 Å². The van der Waals surface area contributed by atoms with Crippen molar-refractivity contribution in [2.45, 2.75) is 50.8 Å². The van der Waals surface area contributed by atoms with Gasteiger partial charge in [-0.1, -0.05) is 12.1 Å². The van der Waals surface area contributed by atoms with Crippen molar-refractivity contribution in [2.75, 3.05) is 33.5 Å². The lowest BCUT2D eigenvalue weighted by Crippen LogP contribution is -2.41. The van der Waals surface area contributed by atoms with E-state index in [1.165, 1.54) is 11.9 Å². The zero-order valence-corrected chi connectivity index (χ0v) is 21.2. The molecule has 0 aromatic heterocycles. The first-order chi connectivity index (χ1) is 16.3. The minimum atomic E-state index is -0.918. The SMILES string of the molecule is CCOC(C)(C)ONC(=O)CN(Cc1ccc(OC)cc1)Sc1ccc(OCCCCF)cc1. The van der Waals surface area contributed by atoms with Gasteiger partial charge in [-0.3, -0.25) is 9.18 Å². The van der Waals surface area contributed by atoms with Crippen LogP contribution in [0, 0.1) is 0 Å². The fourth-order valence-electron chi connectivity index (χ4n) is 2.94. The number of carbonyl (C=O) groups is 1. The number of unbranched alkanes of at least 4 members (excludes halogenated alkanes) is 1. The number of benzene rings is 2. The maximum Gasteiger partial charge on any atom is 0.258 e. The van der Waals surface area contributed by atoms with E-state index in [0.717, 1.165) is 22.0 Å². The predicted octanol–water partition coefficient (Wildman–Crippen LogP) is 5.15. The van der Waals surface area contributed by atoms with E-state index in [1.807, 2.05) is 59.8 Å². The van der Waals surface area contributed by atoms with Crippen LogP contribution in [0.4, 0.5) is 4.39 Å². The van der Waals surface area contributed by atoms with Gasteiger partial charge in [0, 0.05) is 18.0 Å². The number of nitrogens with zero attached hydrogens (tertiary/aromatic N) is 1. The minimum Gasteiger partial charge on any atom is -0.497 e. The van der Waals surface area contributed by atoms with Crippen LogP contribution in [0.15, 0.2) is 53.4 Å². The Hall–Kier alpha value is -2.33. The van der Waals surface area contributed by atoms with Crippen molar-refractivity contribution >= 4 is 17.9 Å². The van der Waals surface area contributed by atoms with Gasteiger partial charge in [0.25, 0.3) is 5.91 Å². The summed E-state index contributed by atoms with van der Waals surface area (Å²) in [5.74, 6) is 0.295. The largest absolute Gasteiger partial charge is 0.497 e. The van der Waals surface area contributed by atoms with Crippen LogP contribution < -0.4 is 15.0 Å². The molecule has 9 heteroatoms. The summed E-state index contributed by atoms with van der Waals surface area (Å²) < 4.78 is 30.5. The van der Waals surface area contributed by atoms with Gasteiger partial charge in [0.05, 0.1) is 26.9 Å². The van der Waals surface area contributed by atoms with Crippen LogP contribution in [-0.4, -0.2) is 49.5 Å². The molecule has 1 amide bonds. The van der Waals surface area contributed by atoms with E-state index in [-0.39, 0.29) is 19.1 Å². The molecule has 0 bridgehead atoms. The lowest BCUT2D eigenvalue weighted by molar-refractivity contribution is -0.242. The summed E-state index contributed by atoms with van der Waals surface area (Å²) in [4.78, 5) is 19.0. The van der Waals surface area contributed by atoms with Crippen LogP contribution >= 0.6 is 11.9 Å². The molecule has 0 saturated carbocycles. The number of methoxy groups -OCH3 is 1. The van der Waals surface area contributed by atoms with Gasteiger partial charge in [-0.25, -0.2) is 14.6 Å². The average molecular weight is 495 g/mol. The van der Waals surface area contributed by atoms with E-state index in [9.17, 15) is 9.18 Å². The number of hydroxylamine groups is 1. The van der Waals surface area contributed by atoms with Gasteiger partial charge < -0.3 is 14.2 Å². The molecular formula is C25H35FN2O5S. The Labute approximate surface area is 206 Å². The van der Waals surface area contributed by atoms with Crippen LogP contribution in [0.25, 0.3) is 0 Å². The number of ether oxygens (including phenoxy) is 3. The highest BCUT2D eigenvalue weighted by Crippen LogP contribution is 2.27. The summed E-state index contributed by atoms with van der Waals surface area (Å²) in [6, 6.07) is 15.3. The van der Waals surface area contributed by atoms with Crippen molar-refractivity contribution < 1.29 is 28.2 Å². The Bertz CT molecular complexity index is 849. The average Bonchev–Trinajstić information content (AvgIpc) is 2.82. The monoisotopic (exact) mass is 494 g/mol. The topological polar surface area (TPSA) is 69.3 Å². The number of alkyl halides is 1. The lowest BCUT2D eigenvalue weighted by Gasteiger charge is -2.25. The molecule has 0 radical (unpaired) electrons. The molecule has 188 valence electrons. The molecule has 2 aromatic rings. The maximum atomic E-state index is 12.6. The van der Waals surface area contributed by atoms with Gasteiger partial charge in [0.15, 0.2) is 5.79 Å². The predicted molar refractivity (Wildman–Crippen MR) is 131 cm³/mol. The number of hydrogen-bond acceptors (Lipinski definition) is 7. The van der Waals surface area contributed by atoms with E-state index in [1.54, 1.807) is 21.0 Å². The molecule has 0 heterocycles. The van der Waals surface area contributed by atoms with Crippen molar-refractivity contribution in [1.29, 1.82) is 0 Å². The standard InChI is InChI=1S/C25H35FN2O5S/c1-5-32-25(2,3)33-27-24(29)19-28(18-20-8-10-21(30-4)11-9-20)34-23-14-12-22(13-15-23)31-17-7-6-16-26/h8-15H,5-7,16-19H2,1-4H3,(H,27,29). The van der Waals surface area contributed by atoms with Crippen molar-refractivity contribution in [1.82, 2.24) is 9.79 Å². The molecule has 0 unspecified atom stereocenters. The molecule has 2 rings (SSSR count). The van der Waals surface area contributed by atoms with Gasteiger partial charge in [-0.2, -0.15) is 0 Å². The molecule has 34 heavy (non-hydrogen) atoms. The smallest absolute Gasteiger partial charge is 0.258 e. The van der Waals surface area contributed by atoms with E-state index in [4.69, 9.17) is 19.0 Å². The molecule has 0 spiro atoms. The number of amides is 1. The first-order valence-electron chi connectivity index (χ1n) is 11.3. The van der Waals surface area contributed by atoms with Gasteiger partial charge in [-0.15, -0.1) is 0 Å². The van der Waals surface area contributed by atoms with Crippen LogP contribution in [0.2, 0.25) is 0 Å². The van der Waals surface area contributed by atoms with Crippen molar-refractivity contribution in [2.24, 2.45) is 0 Å². The highest BCUT2D eigenvalue weighted by atomic mass is 32.2. The van der Waals surface area contributed by atoms with Crippen LogP contribution in [-0.2, 0) is 20.9 Å². The molecule has 7 nitrogen and oxygen atoms in total. The second-order valence-electron chi connectivity index (χ2n) is 7.91. The van der Waals surface area contributed by atoms with E-state index in [0.29, 0.717) is 32.6 Å². The fourth-order valence-corrected chi connectivity index (χ4v) is 3.89. The molecule has 0 saturated heterocycles. The summed E-state index contributed by atoms with van der Waals surface area (Å²) in [5, 5.41) is 0. The van der Waals surface area contributed by atoms with E-state index in [2.05, 4.69) is 5.48 Å². The highest BCUT2D eigenvalue weighted by molar-refractivity contribution is 7.97. The highest BCUT2D eigenvalue weighted by Gasteiger charge is 2.21. The van der Waals surface area contributed by atoms with Crippen molar-refractivity contribution in [3.63, 3.8) is 0 Å². The van der Waals surface area contributed by atoms with Crippen LogP contribution in [0.1, 0.15) is 39.2 Å². The van der Waals surface area contributed by atoms with E-state index >= 15 is 0 Å². The molecule has 0 atom stereocenters. The number of carbonyl (C=O) groups excluding carboxylic acids is 1. The van der Waals surface area contributed by atoms with Gasteiger partial charge in [0.2, 0.25) is 0 Å². The summed E-state index contributed by atoms with van der Waals surface area (Å²) in [7, 11) is 1.62. The summed E-state index contributed by atoms with van der Waals surface area (Å²) in [6.07, 6.45) is 1.18. The van der Waals surface area contributed by atoms with Crippen LogP contribution in [0.5, 0.6) is 11.5 Å². The van der Waals surface area contributed by atoms with Gasteiger partial charge in [-0.05, 0) is 87.5 Å². The summed E-state index contributed by atoms with van der Waals surface area (Å²) >= 11 is 1.46. The van der Waals surface area contributed by atoms with Gasteiger partial charge >= 0.3 is 0 Å². The number of rotatable bonds is 16. The third-order valence-corrected chi connectivity index (χ3v) is 5.59. The molecule has 0 aliphatic heterocycles. The zero-order chi connectivity index (χ0) is 24.8. The fraction of sp³-hybridized carbons (Fsp3) is 0.480. The Kier molecular flexibility index (Phi) is 12.2. The van der Waals surface area contributed by atoms with Crippen molar-refractivity contribution in [3.05, 3.63) is 54.1 Å². The Morgan fingerprint density at radius 3 is 2.35 bits per heavy atom. The zero-order valence-electron chi connectivity index (χ0n) is 20.3. The summed E-state index contributed by atoms with van der Waals surface area (Å²) in [6.45, 7) is 6.59. The van der Waals surface area contributed by atoms with E-state index < -0.39 is 5.79 Å². The third-order valence-electron chi connectivity index (χ3n) is 4.60. The first-order valence-corrected chi connectivity index (χ1v) is 12.1. The second-order valence-corrected chi connectivity index (χ2v) is 9.08. The molecule has 0 fully saturated rings. The maximum absolute atomic E-state index is 12.6. The molecular weight excluding hydrogens is 459 g/mol. The first kappa shape index (κ1) is 27.9. The Balaban J connectivity index is 2.01. The molecule has 0 aliphatic carbocycles. The van der Waals surface area contributed by atoms with Crippen LogP contribution in [0.3, 0.4) is 0 Å². The Morgan fingerprint density at radius 2 is 1.74 bits per heavy atom. The van der Waals surface area contributed by atoms with Gasteiger partial charge in [0.1, 0.15) is 11.5 Å². The molecule has 0 aliphatic rings. The number of halogens is 1. The number of hydrogen-bond donors (Lipinski definition) is 1. The summed E-state index contributed by atoms with van der Waals surface area (Å²) in [5.41, 5.74) is 3.52. The Morgan fingerprint density at radius 1 is 1.06 bits per heavy atom. The normalized spacial score (nSPS) is 11.5. The second kappa shape index (κ2) is 14.8. The lowest BCUT2D eigenvalue weighted by atomic mass is 10.2. The third kappa shape index (κ3) is 10.7. The quantitative estimate of drug-likeness (QED) is 0.150. The minimum absolute atomic E-state index is 0.0976.